The Labute approximate surface area is 339 Å². The van der Waals surface area contributed by atoms with Gasteiger partial charge in [-0.15, -0.1) is 0 Å². The quantitative estimate of drug-likeness (QED) is 0.141. The zero-order valence-electron chi connectivity index (χ0n) is 35.7. The first-order valence-electron chi connectivity index (χ1n) is 20.2. The lowest BCUT2D eigenvalue weighted by atomic mass is 9.85. The number of hydrogen-bond donors (Lipinski definition) is 6. The average Bonchev–Trinajstić information content (AvgIpc) is 3.14. The molecule has 0 saturated carbocycles. The molecule has 0 aromatic heterocycles. The maximum absolute atomic E-state index is 13.7. The third-order valence-electron chi connectivity index (χ3n) is 11.3. The summed E-state index contributed by atoms with van der Waals surface area (Å²) in [5, 5.41) is 67.2. The van der Waals surface area contributed by atoms with Crippen LogP contribution in [0, 0.1) is 11.8 Å². The van der Waals surface area contributed by atoms with Crippen LogP contribution in [0.1, 0.15) is 94.4 Å². The lowest BCUT2D eigenvalue weighted by Crippen LogP contribution is -2.58. The summed E-state index contributed by atoms with van der Waals surface area (Å²) in [5.74, 6) is -3.41. The maximum atomic E-state index is 13.7. The molecule has 3 rings (SSSR count). The molecular weight excluding hydrogens is 736 g/mol. The van der Waals surface area contributed by atoms with Crippen LogP contribution in [0.4, 0.5) is 0 Å². The third kappa shape index (κ3) is 13.2. The number of carbonyl (C=O) groups is 1. The first-order valence-corrected chi connectivity index (χ1v) is 20.2. The minimum absolute atomic E-state index is 0.167. The number of rotatable bonds is 9. The van der Waals surface area contributed by atoms with Gasteiger partial charge in [0.2, 0.25) is 5.79 Å². The summed E-state index contributed by atoms with van der Waals surface area (Å²) in [6.45, 7) is 16.3. The Kier molecular flexibility index (Phi) is 19.0. The van der Waals surface area contributed by atoms with Crippen LogP contribution in [0.25, 0.3) is 0 Å². The van der Waals surface area contributed by atoms with E-state index in [0.717, 1.165) is 16.7 Å². The highest BCUT2D eigenvalue weighted by Gasteiger charge is 2.50. The van der Waals surface area contributed by atoms with Gasteiger partial charge in [0.1, 0.15) is 30.5 Å². The number of hydrogen-bond acceptors (Lipinski definition) is 13. The molecule has 3 heterocycles. The molecule has 0 aromatic carbocycles. The molecule has 13 nitrogen and oxygen atoms in total. The molecule has 0 amide bonds. The van der Waals surface area contributed by atoms with Gasteiger partial charge < -0.3 is 59.1 Å². The molecule has 324 valence electrons. The van der Waals surface area contributed by atoms with E-state index in [0.29, 0.717) is 18.4 Å². The molecule has 3 aliphatic heterocycles. The van der Waals surface area contributed by atoms with E-state index in [1.165, 1.54) is 14.2 Å². The van der Waals surface area contributed by atoms with Crippen LogP contribution < -0.4 is 0 Å². The first-order chi connectivity index (χ1) is 26.7. The summed E-state index contributed by atoms with van der Waals surface area (Å²) in [5.41, 5.74) is 3.02. The van der Waals surface area contributed by atoms with Crippen LogP contribution in [-0.4, -0.2) is 130 Å². The molecule has 0 aromatic rings. The van der Waals surface area contributed by atoms with Crippen molar-refractivity contribution in [2.45, 2.75) is 174 Å². The largest absolute Gasteiger partial charge is 0.456 e. The second-order valence-electron chi connectivity index (χ2n) is 16.2. The van der Waals surface area contributed by atoms with Crippen molar-refractivity contribution in [2.75, 3.05) is 14.2 Å². The summed E-state index contributed by atoms with van der Waals surface area (Å²) < 4.78 is 35.4. The van der Waals surface area contributed by atoms with Crippen LogP contribution in [0.5, 0.6) is 0 Å². The lowest BCUT2D eigenvalue weighted by Gasteiger charge is -2.45. The maximum Gasteiger partial charge on any atom is 0.334 e. The SMILES string of the molecule is CC[C@H](O)C[C@H]1O[C@@](O)([C@H](O)[C@H]2C[C@H](OC)[C@@H](O)CC/C=C(C)/C=C/C(O[C@@H]3O[C@@H](C)[C@H](OC)[C@@H](O)[C@@H]3O)[C@H](C)/C=C(C)/C=C(C)/C=C(\C)C(=O)O2)C(C)=C[C@H]1C. The summed E-state index contributed by atoms with van der Waals surface area (Å²) in [7, 11) is 2.87. The van der Waals surface area contributed by atoms with Crippen molar-refractivity contribution in [3.05, 3.63) is 70.4 Å². The number of allylic oxidation sites excluding steroid dienone is 7. The second kappa shape index (κ2) is 22.2. The van der Waals surface area contributed by atoms with Crippen LogP contribution in [-0.2, 0) is 33.2 Å². The number of ether oxygens (including phenoxy) is 6. The monoisotopic (exact) mass is 806 g/mol. The summed E-state index contributed by atoms with van der Waals surface area (Å²) in [4.78, 5) is 13.7. The van der Waals surface area contributed by atoms with Crippen molar-refractivity contribution < 1.29 is 63.9 Å². The highest BCUT2D eigenvalue weighted by molar-refractivity contribution is 5.88. The Morgan fingerprint density at radius 1 is 0.912 bits per heavy atom. The zero-order valence-corrected chi connectivity index (χ0v) is 35.7. The Morgan fingerprint density at radius 2 is 1.60 bits per heavy atom. The lowest BCUT2D eigenvalue weighted by molar-refractivity contribution is -0.305. The smallest absolute Gasteiger partial charge is 0.334 e. The molecule has 6 N–H and O–H groups in total. The van der Waals surface area contributed by atoms with Crippen LogP contribution >= 0.6 is 0 Å². The molecule has 15 atom stereocenters. The van der Waals surface area contributed by atoms with Gasteiger partial charge in [-0.1, -0.05) is 73.9 Å². The van der Waals surface area contributed by atoms with Gasteiger partial charge in [-0.25, -0.2) is 4.79 Å². The van der Waals surface area contributed by atoms with Gasteiger partial charge in [0.25, 0.3) is 0 Å². The predicted molar refractivity (Wildman–Crippen MR) is 216 cm³/mol. The minimum Gasteiger partial charge on any atom is -0.456 e. The predicted octanol–water partition coefficient (Wildman–Crippen LogP) is 4.49. The highest BCUT2D eigenvalue weighted by atomic mass is 16.7. The number of aliphatic hydroxyl groups is 6. The standard InChI is InChI=1S/C44H70O13/c1-12-32(45)22-35-28(6)21-30(8)44(51,57-35)41(49)37-23-36(52-10)33(46)15-13-14-24(2)16-17-34(56-43-39(48)38(47)40(53-11)31(9)54-43)27(5)19-25(3)18-26(4)20-29(7)42(50)55-37/h14,16-21,27-28,31-41,43,45-49,51H,12-13,15,22-23H2,1-11H3/b17-16+,24-14+,25-19+,26-18+,29-20+/t27-,28-,31+,32+,33+,34?,35-,36+,37-,38+,39+,40+,41-,43+,44-/m1/s1. The molecule has 0 spiro atoms. The third-order valence-corrected chi connectivity index (χ3v) is 11.3. The fraction of sp³-hybridized carbons (Fsp3) is 0.705. The number of cyclic esters (lactones) is 1. The second-order valence-corrected chi connectivity index (χ2v) is 16.2. The Bertz CT molecular complexity index is 1500. The molecule has 0 aliphatic carbocycles. The Balaban J connectivity index is 2.00. The molecule has 13 heteroatoms. The minimum atomic E-state index is -2.25. The van der Waals surface area contributed by atoms with E-state index in [2.05, 4.69) is 0 Å². The fourth-order valence-corrected chi connectivity index (χ4v) is 7.70. The van der Waals surface area contributed by atoms with Gasteiger partial charge in [-0.3, -0.25) is 0 Å². The van der Waals surface area contributed by atoms with E-state index in [-0.39, 0.29) is 36.7 Å². The molecule has 0 radical (unpaired) electrons. The molecule has 57 heavy (non-hydrogen) atoms. The molecule has 1 unspecified atom stereocenters. The van der Waals surface area contributed by atoms with Crippen LogP contribution in [0.15, 0.2) is 70.4 Å². The van der Waals surface area contributed by atoms with E-state index >= 15 is 0 Å². The number of methoxy groups -OCH3 is 2. The summed E-state index contributed by atoms with van der Waals surface area (Å²) in [6.07, 6.45) is 2.35. The van der Waals surface area contributed by atoms with Gasteiger partial charge in [-0.05, 0) is 72.5 Å². The van der Waals surface area contributed by atoms with E-state index < -0.39 is 85.2 Å². The van der Waals surface area contributed by atoms with Crippen molar-refractivity contribution in [3.63, 3.8) is 0 Å². The number of carbonyl (C=O) groups excluding carboxylic acids is 1. The molecule has 1 fully saturated rings. The summed E-state index contributed by atoms with van der Waals surface area (Å²) in [6, 6.07) is 0. The Morgan fingerprint density at radius 3 is 2.23 bits per heavy atom. The molecule has 3 aliphatic rings. The highest BCUT2D eigenvalue weighted by Crippen LogP contribution is 2.38. The van der Waals surface area contributed by atoms with Gasteiger partial charge >= 0.3 is 5.97 Å². The normalized spacial score (nSPS) is 42.3. The van der Waals surface area contributed by atoms with Gasteiger partial charge in [0, 0.05) is 44.5 Å². The van der Waals surface area contributed by atoms with Crippen molar-refractivity contribution >= 4 is 5.97 Å². The molecular formula is C44H70O13. The van der Waals surface area contributed by atoms with E-state index in [1.54, 1.807) is 32.9 Å². The number of esters is 1. The zero-order chi connectivity index (χ0) is 42.8. The van der Waals surface area contributed by atoms with E-state index in [1.807, 2.05) is 71.9 Å². The van der Waals surface area contributed by atoms with Crippen LogP contribution in [0.2, 0.25) is 0 Å². The van der Waals surface area contributed by atoms with E-state index in [9.17, 15) is 35.4 Å². The first kappa shape index (κ1) is 48.8. The summed E-state index contributed by atoms with van der Waals surface area (Å²) >= 11 is 0. The van der Waals surface area contributed by atoms with Gasteiger partial charge in [0.15, 0.2) is 6.29 Å². The van der Waals surface area contributed by atoms with Crippen molar-refractivity contribution in [1.29, 1.82) is 0 Å². The van der Waals surface area contributed by atoms with Crippen molar-refractivity contribution in [2.24, 2.45) is 11.8 Å². The van der Waals surface area contributed by atoms with Crippen molar-refractivity contribution in [1.82, 2.24) is 0 Å². The van der Waals surface area contributed by atoms with Gasteiger partial charge in [-0.2, -0.15) is 0 Å². The van der Waals surface area contributed by atoms with E-state index in [4.69, 9.17) is 28.4 Å². The average molecular weight is 807 g/mol. The topological polar surface area (TPSA) is 194 Å². The Hall–Kier alpha value is -2.53. The number of aliphatic hydroxyl groups excluding tert-OH is 5. The van der Waals surface area contributed by atoms with Crippen LogP contribution in [0.3, 0.4) is 0 Å². The fourth-order valence-electron chi connectivity index (χ4n) is 7.70. The van der Waals surface area contributed by atoms with Gasteiger partial charge in [0.05, 0.1) is 36.6 Å². The van der Waals surface area contributed by atoms with Crippen molar-refractivity contribution in [3.8, 4) is 0 Å². The molecule has 0 bridgehead atoms. The molecule has 1 saturated heterocycles.